The van der Waals surface area contributed by atoms with Gasteiger partial charge in [0.1, 0.15) is 5.78 Å². The van der Waals surface area contributed by atoms with Crippen LogP contribution in [-0.2, 0) is 19.1 Å². The molecule has 4 rings (SSSR count). The summed E-state index contributed by atoms with van der Waals surface area (Å²) in [5.41, 5.74) is 0.857. The van der Waals surface area contributed by atoms with E-state index in [1.54, 1.807) is 0 Å². The third kappa shape index (κ3) is 2.36. The standard InChI is InChI=1S/C22H30O4/c1-4-26-20(25)13-7-9-21(2)14(11-13)12-17(23)19-15-5-6-18(24)22(15,3)10-8-16(19)21/h12-13,15-16,19H,4-11H2,1-3H3/t13?,15-,16-,19-,21-,22-/m0/s1. The highest BCUT2D eigenvalue weighted by Crippen LogP contribution is 2.63. The first-order valence-corrected chi connectivity index (χ1v) is 10.3. The number of hydrogen-bond donors (Lipinski definition) is 0. The summed E-state index contributed by atoms with van der Waals surface area (Å²) in [6, 6.07) is 0. The molecule has 0 aromatic heterocycles. The van der Waals surface area contributed by atoms with Crippen molar-refractivity contribution in [1.82, 2.24) is 0 Å². The lowest BCUT2D eigenvalue weighted by molar-refractivity contribution is -0.151. The molecule has 0 saturated heterocycles. The maximum absolute atomic E-state index is 13.1. The Kier molecular flexibility index (Phi) is 4.16. The minimum atomic E-state index is -0.291. The van der Waals surface area contributed by atoms with Crippen LogP contribution >= 0.6 is 0 Å². The highest BCUT2D eigenvalue weighted by Gasteiger charge is 2.61. The van der Waals surface area contributed by atoms with Gasteiger partial charge in [-0.05, 0) is 68.8 Å². The van der Waals surface area contributed by atoms with Crippen LogP contribution in [0.4, 0.5) is 0 Å². The Morgan fingerprint density at radius 1 is 1.12 bits per heavy atom. The fourth-order valence-electron chi connectivity index (χ4n) is 6.64. The summed E-state index contributed by atoms with van der Waals surface area (Å²) in [6.45, 7) is 6.63. The zero-order valence-corrected chi connectivity index (χ0v) is 16.2. The number of hydrogen-bond acceptors (Lipinski definition) is 4. The van der Waals surface area contributed by atoms with Crippen LogP contribution in [0.2, 0.25) is 0 Å². The zero-order valence-electron chi connectivity index (χ0n) is 16.2. The molecule has 4 nitrogen and oxygen atoms in total. The van der Waals surface area contributed by atoms with E-state index in [0.717, 1.165) is 37.7 Å². The monoisotopic (exact) mass is 358 g/mol. The zero-order chi connectivity index (χ0) is 18.7. The average molecular weight is 358 g/mol. The number of carbonyl (C=O) groups is 3. The maximum atomic E-state index is 13.1. The largest absolute Gasteiger partial charge is 0.466 e. The van der Waals surface area contributed by atoms with E-state index in [1.165, 1.54) is 0 Å². The molecule has 142 valence electrons. The van der Waals surface area contributed by atoms with Crippen molar-refractivity contribution in [1.29, 1.82) is 0 Å². The minimum Gasteiger partial charge on any atom is -0.466 e. The van der Waals surface area contributed by atoms with Gasteiger partial charge < -0.3 is 4.74 Å². The number of ether oxygens (including phenoxy) is 1. The van der Waals surface area contributed by atoms with Crippen LogP contribution in [0.3, 0.4) is 0 Å². The van der Waals surface area contributed by atoms with E-state index in [-0.39, 0.29) is 40.3 Å². The van der Waals surface area contributed by atoms with Crippen molar-refractivity contribution in [3.05, 3.63) is 11.6 Å². The van der Waals surface area contributed by atoms with Crippen LogP contribution in [0.1, 0.15) is 65.7 Å². The van der Waals surface area contributed by atoms with Crippen LogP contribution in [0.25, 0.3) is 0 Å². The summed E-state index contributed by atoms with van der Waals surface area (Å²) in [5.74, 6) is 0.856. The summed E-state index contributed by atoms with van der Waals surface area (Å²) in [5, 5.41) is 0. The Labute approximate surface area is 155 Å². The predicted octanol–water partition coefficient (Wildman–Crippen LogP) is 3.88. The molecule has 4 heteroatoms. The van der Waals surface area contributed by atoms with Crippen LogP contribution in [-0.4, -0.2) is 24.1 Å². The number of esters is 1. The summed E-state index contributed by atoms with van der Waals surface area (Å²) < 4.78 is 5.22. The fraction of sp³-hybridized carbons (Fsp3) is 0.773. The van der Waals surface area contributed by atoms with Crippen LogP contribution in [0.5, 0.6) is 0 Å². The molecule has 4 aliphatic rings. The van der Waals surface area contributed by atoms with Gasteiger partial charge in [-0.3, -0.25) is 14.4 Å². The van der Waals surface area contributed by atoms with Gasteiger partial charge in [-0.15, -0.1) is 0 Å². The maximum Gasteiger partial charge on any atom is 0.309 e. The first-order chi connectivity index (χ1) is 12.3. The molecule has 26 heavy (non-hydrogen) atoms. The summed E-state index contributed by atoms with van der Waals surface area (Å²) in [6.07, 6.45) is 7.65. The molecular formula is C22H30O4. The summed E-state index contributed by atoms with van der Waals surface area (Å²) in [4.78, 5) is 37.8. The lowest BCUT2D eigenvalue weighted by Crippen LogP contribution is -2.53. The van der Waals surface area contributed by atoms with E-state index in [0.29, 0.717) is 31.1 Å². The number of carbonyl (C=O) groups excluding carboxylic acids is 3. The molecular weight excluding hydrogens is 328 g/mol. The number of Topliss-reactive ketones (excluding diaryl/α,β-unsaturated/α-hetero) is 1. The smallest absolute Gasteiger partial charge is 0.309 e. The highest BCUT2D eigenvalue weighted by atomic mass is 16.5. The Morgan fingerprint density at radius 3 is 2.54 bits per heavy atom. The van der Waals surface area contributed by atoms with Gasteiger partial charge in [-0.2, -0.15) is 0 Å². The van der Waals surface area contributed by atoms with Crippen molar-refractivity contribution >= 4 is 17.5 Å². The molecule has 0 aromatic rings. The van der Waals surface area contributed by atoms with Gasteiger partial charge in [0.05, 0.1) is 12.5 Å². The Morgan fingerprint density at radius 2 is 1.81 bits per heavy atom. The number of ketones is 2. The summed E-state index contributed by atoms with van der Waals surface area (Å²) >= 11 is 0. The Bertz CT molecular complexity index is 692. The van der Waals surface area contributed by atoms with Crippen molar-refractivity contribution < 1.29 is 19.1 Å². The quantitative estimate of drug-likeness (QED) is 0.703. The van der Waals surface area contributed by atoms with Crippen molar-refractivity contribution in [2.24, 2.45) is 34.5 Å². The molecule has 0 spiro atoms. The SMILES string of the molecule is CCOC(=O)C1CC[C@@]2(C)C(=CC(=O)[C@@H]3[C@@H]2CC[C@]2(C)C(=O)CC[C@@H]32)C1. The third-order valence-electron chi connectivity index (χ3n) is 8.27. The van der Waals surface area contributed by atoms with Crippen LogP contribution < -0.4 is 0 Å². The van der Waals surface area contributed by atoms with Gasteiger partial charge in [0.15, 0.2) is 5.78 Å². The minimum absolute atomic E-state index is 0.00542. The molecule has 4 aliphatic carbocycles. The lowest BCUT2D eigenvalue weighted by atomic mass is 9.47. The molecule has 0 amide bonds. The van der Waals surface area contributed by atoms with Crippen LogP contribution in [0.15, 0.2) is 11.6 Å². The highest BCUT2D eigenvalue weighted by molar-refractivity contribution is 5.97. The molecule has 0 aromatic carbocycles. The van der Waals surface area contributed by atoms with Crippen molar-refractivity contribution in [2.45, 2.75) is 65.7 Å². The number of fused-ring (bicyclic) bond motifs is 5. The average Bonchev–Trinajstić information content (AvgIpc) is 2.91. The van der Waals surface area contributed by atoms with Crippen molar-refractivity contribution in [3.8, 4) is 0 Å². The second-order valence-corrected chi connectivity index (χ2v) is 9.34. The normalized spacial score (nSPS) is 44.7. The van der Waals surface area contributed by atoms with E-state index in [9.17, 15) is 14.4 Å². The third-order valence-corrected chi connectivity index (χ3v) is 8.27. The first-order valence-electron chi connectivity index (χ1n) is 10.3. The van der Waals surface area contributed by atoms with E-state index in [2.05, 4.69) is 13.8 Å². The van der Waals surface area contributed by atoms with E-state index >= 15 is 0 Å². The predicted molar refractivity (Wildman–Crippen MR) is 97.2 cm³/mol. The van der Waals surface area contributed by atoms with Crippen LogP contribution in [0, 0.1) is 34.5 Å². The van der Waals surface area contributed by atoms with Crippen molar-refractivity contribution in [3.63, 3.8) is 0 Å². The fourth-order valence-corrected chi connectivity index (χ4v) is 6.64. The Balaban J connectivity index is 1.65. The number of allylic oxidation sites excluding steroid dienone is 2. The van der Waals surface area contributed by atoms with Gasteiger partial charge in [-0.25, -0.2) is 0 Å². The van der Waals surface area contributed by atoms with Crippen molar-refractivity contribution in [2.75, 3.05) is 6.61 Å². The van der Waals surface area contributed by atoms with E-state index in [1.807, 2.05) is 13.0 Å². The summed E-state index contributed by atoms with van der Waals surface area (Å²) in [7, 11) is 0. The molecule has 0 bridgehead atoms. The topological polar surface area (TPSA) is 60.4 Å². The molecule has 0 aliphatic heterocycles. The number of rotatable bonds is 2. The molecule has 1 unspecified atom stereocenters. The van der Waals surface area contributed by atoms with Gasteiger partial charge in [-0.1, -0.05) is 19.4 Å². The first kappa shape index (κ1) is 17.9. The van der Waals surface area contributed by atoms with Gasteiger partial charge >= 0.3 is 5.97 Å². The molecule has 0 heterocycles. The second-order valence-electron chi connectivity index (χ2n) is 9.34. The van der Waals surface area contributed by atoms with Gasteiger partial charge in [0.2, 0.25) is 0 Å². The van der Waals surface area contributed by atoms with E-state index in [4.69, 9.17) is 4.74 Å². The molecule has 0 N–H and O–H groups in total. The van der Waals surface area contributed by atoms with Gasteiger partial charge in [0, 0.05) is 17.8 Å². The molecule has 3 saturated carbocycles. The van der Waals surface area contributed by atoms with Gasteiger partial charge in [0.25, 0.3) is 0 Å². The second kappa shape index (κ2) is 6.03. The van der Waals surface area contributed by atoms with E-state index < -0.39 is 0 Å². The Hall–Kier alpha value is -1.45. The lowest BCUT2D eigenvalue weighted by Gasteiger charge is -2.55. The molecule has 0 radical (unpaired) electrons. The molecule has 3 fully saturated rings. The molecule has 6 atom stereocenters.